The van der Waals surface area contributed by atoms with Gasteiger partial charge in [-0.05, 0) is 24.3 Å². The number of methoxy groups -OCH3 is 1. The van der Waals surface area contributed by atoms with Crippen LogP contribution >= 0.6 is 15.9 Å². The lowest BCUT2D eigenvalue weighted by atomic mass is 10.1. The van der Waals surface area contributed by atoms with Gasteiger partial charge >= 0.3 is 6.18 Å². The number of ether oxygens (including phenoxy) is 4. The molecule has 4 atom stereocenters. The van der Waals surface area contributed by atoms with E-state index in [-0.39, 0.29) is 29.2 Å². The molecule has 180 valence electrons. The summed E-state index contributed by atoms with van der Waals surface area (Å²) in [5.41, 5.74) is -0.155. The van der Waals surface area contributed by atoms with Gasteiger partial charge in [-0.25, -0.2) is 14.4 Å². The first-order valence-electron chi connectivity index (χ1n) is 10.2. The van der Waals surface area contributed by atoms with Crippen molar-refractivity contribution in [3.63, 3.8) is 0 Å². The van der Waals surface area contributed by atoms with Gasteiger partial charge in [-0.15, -0.1) is 0 Å². The lowest BCUT2D eigenvalue weighted by Crippen LogP contribution is -2.33. The first kappa shape index (κ1) is 23.1. The van der Waals surface area contributed by atoms with E-state index >= 15 is 0 Å². The molecule has 3 heterocycles. The van der Waals surface area contributed by atoms with Crippen molar-refractivity contribution in [1.82, 2.24) is 9.97 Å². The number of fused-ring (bicyclic) bond motifs is 2. The highest BCUT2D eigenvalue weighted by Crippen LogP contribution is 2.39. The minimum Gasteiger partial charge on any atom is -0.493 e. The number of hydrogen-bond acceptors (Lipinski definition) is 7. The van der Waals surface area contributed by atoms with Gasteiger partial charge in [-0.3, -0.25) is 0 Å². The smallest absolute Gasteiger partial charge is 0.416 e. The molecular weight excluding hydrogens is 526 g/mol. The van der Waals surface area contributed by atoms with Crippen LogP contribution in [-0.2, 0) is 15.7 Å². The molecule has 7 nitrogen and oxygen atoms in total. The van der Waals surface area contributed by atoms with Crippen LogP contribution < -0.4 is 14.8 Å². The van der Waals surface area contributed by atoms with Gasteiger partial charge in [0.2, 0.25) is 0 Å². The van der Waals surface area contributed by atoms with E-state index in [9.17, 15) is 17.6 Å². The average Bonchev–Trinajstić information content (AvgIpc) is 3.35. The van der Waals surface area contributed by atoms with E-state index in [1.807, 2.05) is 0 Å². The SMILES string of the molecule is COc1cc2c(Nc3cc(Br)cc(C(F)(F)F)c3)ncnc2cc1OC1CO[C@H]2C(F)CO[C@@H]12. The Morgan fingerprint density at radius 3 is 2.59 bits per heavy atom. The Balaban J connectivity index is 1.46. The fourth-order valence-electron chi connectivity index (χ4n) is 4.06. The van der Waals surface area contributed by atoms with Gasteiger partial charge in [-0.2, -0.15) is 13.2 Å². The standard InChI is InChI=1S/C22H18BrF4N3O4/c1-31-16-5-13-15(6-17(16)34-18-8-33-19-14(24)7-32-20(18)19)28-9-29-21(13)30-12-3-10(22(25,26)27)2-11(23)4-12/h2-6,9,14,18-20H,7-8H2,1H3,(H,28,29,30)/t14?,18?,19-,20-/m0/s1. The molecule has 2 unspecified atom stereocenters. The summed E-state index contributed by atoms with van der Waals surface area (Å²) in [6.07, 6.45) is -6.14. The summed E-state index contributed by atoms with van der Waals surface area (Å²) in [5, 5.41) is 3.42. The molecule has 2 fully saturated rings. The lowest BCUT2D eigenvalue weighted by molar-refractivity contribution is -0.137. The van der Waals surface area contributed by atoms with E-state index < -0.39 is 36.2 Å². The third kappa shape index (κ3) is 4.37. The van der Waals surface area contributed by atoms with Crippen molar-refractivity contribution in [2.45, 2.75) is 30.7 Å². The van der Waals surface area contributed by atoms with Gasteiger partial charge in [0, 0.05) is 21.6 Å². The van der Waals surface area contributed by atoms with Gasteiger partial charge in [0.15, 0.2) is 23.8 Å². The zero-order chi connectivity index (χ0) is 24.0. The second kappa shape index (κ2) is 8.82. The van der Waals surface area contributed by atoms with Crippen molar-refractivity contribution in [2.24, 2.45) is 0 Å². The fraction of sp³-hybridized carbons (Fsp3) is 0.364. The second-order valence-electron chi connectivity index (χ2n) is 7.86. The molecule has 2 saturated heterocycles. The predicted molar refractivity (Wildman–Crippen MR) is 117 cm³/mol. The Morgan fingerprint density at radius 2 is 1.82 bits per heavy atom. The summed E-state index contributed by atoms with van der Waals surface area (Å²) in [5.74, 6) is 0.972. The largest absolute Gasteiger partial charge is 0.493 e. The highest BCUT2D eigenvalue weighted by molar-refractivity contribution is 9.10. The lowest BCUT2D eigenvalue weighted by Gasteiger charge is -2.20. The van der Waals surface area contributed by atoms with E-state index in [0.29, 0.717) is 22.4 Å². The molecule has 0 bridgehead atoms. The van der Waals surface area contributed by atoms with E-state index in [1.165, 1.54) is 19.5 Å². The molecule has 5 rings (SSSR count). The Morgan fingerprint density at radius 1 is 1.03 bits per heavy atom. The monoisotopic (exact) mass is 543 g/mol. The van der Waals surface area contributed by atoms with Crippen LogP contribution in [0.15, 0.2) is 41.1 Å². The molecule has 2 aliphatic rings. The van der Waals surface area contributed by atoms with Crippen LogP contribution in [0.4, 0.5) is 29.1 Å². The first-order valence-corrected chi connectivity index (χ1v) is 11.0. The number of aromatic nitrogens is 2. The van der Waals surface area contributed by atoms with Crippen molar-refractivity contribution in [2.75, 3.05) is 25.6 Å². The number of anilines is 2. The molecule has 0 spiro atoms. The Bertz CT molecular complexity index is 1230. The van der Waals surface area contributed by atoms with Crippen molar-refractivity contribution in [3.05, 3.63) is 46.7 Å². The number of halogens is 5. The average molecular weight is 544 g/mol. The maximum absolute atomic E-state index is 13.9. The van der Waals surface area contributed by atoms with Crippen molar-refractivity contribution >= 4 is 38.3 Å². The van der Waals surface area contributed by atoms with Gasteiger partial charge in [0.05, 0.1) is 31.4 Å². The van der Waals surface area contributed by atoms with E-state index in [2.05, 4.69) is 31.2 Å². The normalized spacial score (nSPS) is 24.3. The molecule has 0 saturated carbocycles. The summed E-state index contributed by atoms with van der Waals surface area (Å²) in [6.45, 7) is 0.121. The molecule has 12 heteroatoms. The predicted octanol–water partition coefficient (Wildman–Crippen LogP) is 5.05. The van der Waals surface area contributed by atoms with Crippen molar-refractivity contribution in [1.29, 1.82) is 0 Å². The molecule has 1 N–H and O–H groups in total. The van der Waals surface area contributed by atoms with Crippen LogP contribution in [0.3, 0.4) is 0 Å². The molecular formula is C22H18BrF4N3O4. The fourth-order valence-corrected chi connectivity index (χ4v) is 4.55. The van der Waals surface area contributed by atoms with Crippen LogP contribution in [0.1, 0.15) is 5.56 Å². The summed E-state index contributed by atoms with van der Waals surface area (Å²) in [4.78, 5) is 8.44. The summed E-state index contributed by atoms with van der Waals surface area (Å²) < 4.78 is 76.2. The second-order valence-corrected chi connectivity index (χ2v) is 8.78. The van der Waals surface area contributed by atoms with Crippen LogP contribution in [0.5, 0.6) is 11.5 Å². The molecule has 2 aliphatic heterocycles. The van der Waals surface area contributed by atoms with E-state index in [1.54, 1.807) is 12.1 Å². The number of hydrogen-bond donors (Lipinski definition) is 1. The number of rotatable bonds is 5. The Labute approximate surface area is 199 Å². The van der Waals surface area contributed by atoms with Gasteiger partial charge in [-0.1, -0.05) is 15.9 Å². The van der Waals surface area contributed by atoms with Crippen LogP contribution in [0.2, 0.25) is 0 Å². The maximum Gasteiger partial charge on any atom is 0.416 e. The van der Waals surface area contributed by atoms with Crippen LogP contribution in [-0.4, -0.2) is 54.8 Å². The number of nitrogens with zero attached hydrogens (tertiary/aromatic N) is 2. The van der Waals surface area contributed by atoms with E-state index in [0.717, 1.165) is 12.1 Å². The molecule has 2 aromatic carbocycles. The third-order valence-corrected chi connectivity index (χ3v) is 6.09. The Kier molecular flexibility index (Phi) is 5.98. The number of benzene rings is 2. The third-order valence-electron chi connectivity index (χ3n) is 5.63. The van der Waals surface area contributed by atoms with E-state index in [4.69, 9.17) is 18.9 Å². The molecule has 0 aliphatic carbocycles. The molecule has 34 heavy (non-hydrogen) atoms. The molecule has 0 radical (unpaired) electrons. The quantitative estimate of drug-likeness (QED) is 0.451. The molecule has 3 aromatic rings. The first-order chi connectivity index (χ1) is 16.2. The summed E-state index contributed by atoms with van der Waals surface area (Å²) in [7, 11) is 1.45. The van der Waals surface area contributed by atoms with Crippen LogP contribution in [0.25, 0.3) is 10.9 Å². The zero-order valence-corrected chi connectivity index (χ0v) is 19.2. The maximum atomic E-state index is 13.9. The van der Waals surface area contributed by atoms with Crippen molar-refractivity contribution in [3.8, 4) is 11.5 Å². The van der Waals surface area contributed by atoms with Crippen molar-refractivity contribution < 1.29 is 36.5 Å². The zero-order valence-electron chi connectivity index (χ0n) is 17.6. The summed E-state index contributed by atoms with van der Waals surface area (Å²) in [6, 6.07) is 6.74. The van der Waals surface area contributed by atoms with Crippen LogP contribution in [0, 0.1) is 0 Å². The highest BCUT2D eigenvalue weighted by Gasteiger charge is 2.49. The molecule has 0 amide bonds. The number of nitrogens with one attached hydrogen (secondary N) is 1. The van der Waals surface area contributed by atoms with Gasteiger partial charge < -0.3 is 24.3 Å². The minimum atomic E-state index is -4.50. The topological polar surface area (TPSA) is 74.7 Å². The minimum absolute atomic E-state index is 0.0437. The Hall–Kier alpha value is -2.70. The highest BCUT2D eigenvalue weighted by atomic mass is 79.9. The van der Waals surface area contributed by atoms with Gasteiger partial charge in [0.1, 0.15) is 24.4 Å². The van der Waals surface area contributed by atoms with Gasteiger partial charge in [0.25, 0.3) is 0 Å². The number of alkyl halides is 4. The molecule has 1 aromatic heterocycles. The summed E-state index contributed by atoms with van der Waals surface area (Å²) >= 11 is 3.11.